The lowest BCUT2D eigenvalue weighted by molar-refractivity contribution is -0.200. The number of hydrogen-bond acceptors (Lipinski definition) is 8. The first-order valence-corrected chi connectivity index (χ1v) is 20.1. The number of amides is 1. The van der Waals surface area contributed by atoms with Gasteiger partial charge in [-0.15, -0.1) is 0 Å². The first-order chi connectivity index (χ1) is 21.0. The molecule has 256 valence electrons. The number of hydrogen-bond donors (Lipinski definition) is 1. The summed E-state index contributed by atoms with van der Waals surface area (Å²) in [5.74, 6) is -2.52. The van der Waals surface area contributed by atoms with Gasteiger partial charge >= 0.3 is 12.1 Å². The smallest absolute Gasteiger partial charge is 0.410 e. The fourth-order valence-corrected chi connectivity index (χ4v) is 7.89. The Bertz CT molecular complexity index is 1070. The van der Waals surface area contributed by atoms with Crippen molar-refractivity contribution in [1.29, 1.82) is 0 Å². The average Bonchev–Trinajstić information content (AvgIpc) is 3.25. The molecule has 4 unspecified atom stereocenters. The van der Waals surface area contributed by atoms with Gasteiger partial charge in [-0.2, -0.15) is 0 Å². The van der Waals surface area contributed by atoms with Gasteiger partial charge in [-0.25, -0.2) is 4.79 Å². The van der Waals surface area contributed by atoms with Crippen LogP contribution in [0.3, 0.4) is 0 Å². The van der Waals surface area contributed by atoms with Gasteiger partial charge in [0, 0.05) is 50.1 Å². The SMILES string of the molecule is C/C(=C\C=O)C1(O[Si](C)(C)C(C)(C)C)OC(=O)CCCCC(C)(O)C(OC(=O)N2CCN(C3CCCCCC3)CC2)C=CC1C. The lowest BCUT2D eigenvalue weighted by atomic mass is 9.88. The zero-order chi connectivity index (χ0) is 33.5. The summed E-state index contributed by atoms with van der Waals surface area (Å²) in [5.41, 5.74) is -0.870. The molecule has 1 N–H and O–H groups in total. The molecule has 1 saturated heterocycles. The molecule has 1 saturated carbocycles. The minimum atomic E-state index is -2.55. The van der Waals surface area contributed by atoms with Crippen LogP contribution >= 0.6 is 0 Å². The van der Waals surface area contributed by atoms with Gasteiger partial charge in [0.25, 0.3) is 0 Å². The minimum absolute atomic E-state index is 0.138. The molecule has 2 fully saturated rings. The number of nitrogens with zero attached hydrogens (tertiary/aromatic N) is 2. The van der Waals surface area contributed by atoms with E-state index in [1.165, 1.54) is 44.6 Å². The van der Waals surface area contributed by atoms with Crippen molar-refractivity contribution in [3.05, 3.63) is 23.8 Å². The third kappa shape index (κ3) is 9.75. The van der Waals surface area contributed by atoms with Crippen molar-refractivity contribution >= 4 is 26.7 Å². The topological polar surface area (TPSA) is 106 Å². The van der Waals surface area contributed by atoms with Gasteiger partial charge in [0.05, 0.1) is 0 Å². The van der Waals surface area contributed by atoms with Crippen LogP contribution < -0.4 is 0 Å². The number of esters is 1. The third-order valence-corrected chi connectivity index (χ3v) is 15.0. The largest absolute Gasteiger partial charge is 0.439 e. The van der Waals surface area contributed by atoms with Crippen LogP contribution in [0.25, 0.3) is 0 Å². The predicted octanol–water partition coefficient (Wildman–Crippen LogP) is 6.76. The van der Waals surface area contributed by atoms with Crippen molar-refractivity contribution in [1.82, 2.24) is 9.80 Å². The normalized spacial score (nSPS) is 30.9. The Labute approximate surface area is 272 Å². The summed E-state index contributed by atoms with van der Waals surface area (Å²) < 4.78 is 19.2. The van der Waals surface area contributed by atoms with E-state index in [9.17, 15) is 19.5 Å². The second-order valence-electron chi connectivity index (χ2n) is 15.2. The van der Waals surface area contributed by atoms with E-state index < -0.39 is 43.8 Å². The molecule has 0 aromatic heterocycles. The van der Waals surface area contributed by atoms with Crippen LogP contribution in [-0.4, -0.2) is 91.3 Å². The van der Waals surface area contributed by atoms with Gasteiger partial charge in [0.2, 0.25) is 5.79 Å². The number of allylic oxidation sites excluding steroid dienone is 1. The summed E-state index contributed by atoms with van der Waals surface area (Å²) in [6.07, 6.45) is 13.4. The molecule has 3 rings (SSSR count). The van der Waals surface area contributed by atoms with E-state index in [1.807, 2.05) is 6.92 Å². The molecule has 0 aromatic carbocycles. The Balaban J connectivity index is 1.88. The highest BCUT2D eigenvalue weighted by Crippen LogP contribution is 2.44. The number of cyclic esters (lactones) is 1. The molecule has 2 heterocycles. The van der Waals surface area contributed by atoms with E-state index in [4.69, 9.17) is 13.9 Å². The van der Waals surface area contributed by atoms with E-state index in [-0.39, 0.29) is 11.5 Å². The lowest BCUT2D eigenvalue weighted by Crippen LogP contribution is -2.55. The van der Waals surface area contributed by atoms with Gasteiger partial charge in [0.1, 0.15) is 11.9 Å². The second-order valence-corrected chi connectivity index (χ2v) is 19.9. The van der Waals surface area contributed by atoms with Crippen LogP contribution in [-0.2, 0) is 23.5 Å². The summed E-state index contributed by atoms with van der Waals surface area (Å²) in [6, 6.07) is 0.599. The van der Waals surface area contributed by atoms with Crippen LogP contribution in [0.1, 0.15) is 106 Å². The highest BCUT2D eigenvalue weighted by Gasteiger charge is 2.51. The Morgan fingerprint density at radius 2 is 1.67 bits per heavy atom. The van der Waals surface area contributed by atoms with Gasteiger partial charge in [-0.3, -0.25) is 14.5 Å². The van der Waals surface area contributed by atoms with Crippen molar-refractivity contribution in [3.63, 3.8) is 0 Å². The number of piperazine rings is 1. The van der Waals surface area contributed by atoms with Crippen LogP contribution in [0.5, 0.6) is 0 Å². The first-order valence-electron chi connectivity index (χ1n) is 17.2. The molecule has 0 radical (unpaired) electrons. The summed E-state index contributed by atoms with van der Waals surface area (Å²) >= 11 is 0. The standard InChI is InChI=1S/C35H60N2O7Si/c1-27-18-19-30(42-32(40)37-24-22-36(23-25-37)29-15-11-9-10-12-16-29)34(6,41)21-14-13-17-31(39)43-35(27,28(2)20-26-38)44-45(7,8)33(3,4)5/h18-20,26-27,29-30,41H,9-17,21-25H2,1-8H3/b19-18?,28-20+. The number of carbonyl (C=O) groups excluding carboxylic acids is 3. The number of ether oxygens (including phenoxy) is 2. The van der Waals surface area contributed by atoms with Crippen molar-refractivity contribution in [2.75, 3.05) is 26.2 Å². The summed E-state index contributed by atoms with van der Waals surface area (Å²) in [4.78, 5) is 42.7. The van der Waals surface area contributed by atoms with Crippen molar-refractivity contribution in [2.45, 2.75) is 147 Å². The van der Waals surface area contributed by atoms with E-state index in [0.717, 1.165) is 13.1 Å². The van der Waals surface area contributed by atoms with Crippen molar-refractivity contribution in [2.24, 2.45) is 5.92 Å². The van der Waals surface area contributed by atoms with E-state index >= 15 is 0 Å². The molecule has 45 heavy (non-hydrogen) atoms. The maximum Gasteiger partial charge on any atom is 0.410 e. The van der Waals surface area contributed by atoms with Gasteiger partial charge in [-0.1, -0.05) is 59.5 Å². The second kappa shape index (κ2) is 15.7. The maximum atomic E-state index is 13.5. The molecular formula is C35H60N2O7Si. The zero-order valence-electron chi connectivity index (χ0n) is 29.2. The first kappa shape index (κ1) is 37.4. The molecule has 9 nitrogen and oxygen atoms in total. The monoisotopic (exact) mass is 648 g/mol. The van der Waals surface area contributed by atoms with Gasteiger partial charge in [-0.05, 0) is 76.2 Å². The molecular weight excluding hydrogens is 588 g/mol. The lowest BCUT2D eigenvalue weighted by Gasteiger charge is -2.47. The predicted molar refractivity (Wildman–Crippen MR) is 179 cm³/mol. The third-order valence-electron chi connectivity index (χ3n) is 10.6. The number of aldehydes is 1. The van der Waals surface area contributed by atoms with Crippen molar-refractivity contribution in [3.8, 4) is 0 Å². The van der Waals surface area contributed by atoms with Gasteiger partial charge < -0.3 is 23.9 Å². The molecule has 2 aliphatic heterocycles. The Kier molecular flexibility index (Phi) is 13.1. The molecule has 1 amide bonds. The summed E-state index contributed by atoms with van der Waals surface area (Å²) in [6.45, 7) is 18.6. The Morgan fingerprint density at radius 1 is 1.04 bits per heavy atom. The zero-order valence-corrected chi connectivity index (χ0v) is 30.2. The highest BCUT2D eigenvalue weighted by molar-refractivity contribution is 6.74. The fraction of sp³-hybridized carbons (Fsp3) is 0.800. The molecule has 0 bridgehead atoms. The summed E-state index contributed by atoms with van der Waals surface area (Å²) in [7, 11) is -2.55. The minimum Gasteiger partial charge on any atom is -0.439 e. The Hall–Kier alpha value is -2.01. The average molecular weight is 649 g/mol. The molecule has 3 aliphatic rings. The van der Waals surface area contributed by atoms with Crippen molar-refractivity contribution < 1.29 is 33.4 Å². The quantitative estimate of drug-likeness (QED) is 0.0842. The molecule has 0 spiro atoms. The Morgan fingerprint density at radius 3 is 2.24 bits per heavy atom. The van der Waals surface area contributed by atoms with E-state index in [0.29, 0.717) is 50.3 Å². The van der Waals surface area contributed by atoms with Crippen LogP contribution in [0.15, 0.2) is 23.8 Å². The van der Waals surface area contributed by atoms with Gasteiger partial charge in [0.15, 0.2) is 14.4 Å². The van der Waals surface area contributed by atoms with Crippen LogP contribution in [0.2, 0.25) is 18.1 Å². The summed E-state index contributed by atoms with van der Waals surface area (Å²) in [5, 5.41) is 11.4. The van der Waals surface area contributed by atoms with E-state index in [2.05, 4.69) is 38.8 Å². The van der Waals surface area contributed by atoms with E-state index in [1.54, 1.807) is 30.9 Å². The van der Waals surface area contributed by atoms with Crippen LogP contribution in [0.4, 0.5) is 4.79 Å². The molecule has 1 aliphatic carbocycles. The number of aliphatic hydroxyl groups is 1. The number of carbonyl (C=O) groups is 3. The number of rotatable bonds is 6. The molecule has 10 heteroatoms. The highest BCUT2D eigenvalue weighted by atomic mass is 28.4. The fourth-order valence-electron chi connectivity index (χ4n) is 6.44. The molecule has 4 atom stereocenters. The maximum absolute atomic E-state index is 13.5. The molecule has 0 aromatic rings. The van der Waals surface area contributed by atoms with Crippen LogP contribution in [0, 0.1) is 5.92 Å².